The average Bonchev–Trinajstić information content (AvgIpc) is 2.83. The van der Waals surface area contributed by atoms with E-state index in [9.17, 15) is 9.90 Å². The standard InChI is InChI=1S/C22H34O3/c1-15(2)19-11-12-22(5)13-21(24)18(14-25-17(4)23)8-6-7-16(3)9-10-20(19)22/h8-9,19-21,24H,1,6-7,10-14H2,2-5H3/b16-9+,18-8+/t19?,20-,21-,22+/m0/s1. The number of hydrogen-bond donors (Lipinski definition) is 1. The zero-order valence-electron chi connectivity index (χ0n) is 16.3. The zero-order chi connectivity index (χ0) is 18.6. The normalized spacial score (nSPS) is 37.7. The molecule has 0 amide bonds. The summed E-state index contributed by atoms with van der Waals surface area (Å²) in [5.74, 6) is 0.747. The molecule has 1 N–H and O–H groups in total. The van der Waals surface area contributed by atoms with Crippen LogP contribution in [0.5, 0.6) is 0 Å². The van der Waals surface area contributed by atoms with Crippen LogP contribution in [0.25, 0.3) is 0 Å². The summed E-state index contributed by atoms with van der Waals surface area (Å²) in [4.78, 5) is 11.2. The van der Waals surface area contributed by atoms with Gasteiger partial charge >= 0.3 is 5.97 Å². The molecule has 0 heterocycles. The van der Waals surface area contributed by atoms with E-state index in [0.29, 0.717) is 11.8 Å². The molecule has 2 aliphatic rings. The van der Waals surface area contributed by atoms with Crippen molar-refractivity contribution in [3.63, 3.8) is 0 Å². The van der Waals surface area contributed by atoms with Crippen LogP contribution < -0.4 is 0 Å². The van der Waals surface area contributed by atoms with Gasteiger partial charge in [0.05, 0.1) is 6.10 Å². The molecule has 0 aromatic rings. The highest BCUT2D eigenvalue weighted by Gasteiger charge is 2.45. The highest BCUT2D eigenvalue weighted by Crippen LogP contribution is 2.54. The van der Waals surface area contributed by atoms with Crippen LogP contribution in [-0.2, 0) is 9.53 Å². The maximum Gasteiger partial charge on any atom is 0.302 e. The molecule has 0 aromatic carbocycles. The lowest BCUT2D eigenvalue weighted by atomic mass is 9.70. The zero-order valence-corrected chi connectivity index (χ0v) is 16.3. The van der Waals surface area contributed by atoms with Gasteiger partial charge in [-0.2, -0.15) is 0 Å². The summed E-state index contributed by atoms with van der Waals surface area (Å²) in [5, 5.41) is 10.9. The molecule has 140 valence electrons. The van der Waals surface area contributed by atoms with E-state index in [4.69, 9.17) is 4.74 Å². The number of aliphatic hydroxyl groups excluding tert-OH is 1. The number of allylic oxidation sites excluding steroid dienone is 4. The molecule has 0 bridgehead atoms. The van der Waals surface area contributed by atoms with Crippen LogP contribution in [0.4, 0.5) is 0 Å². The van der Waals surface area contributed by atoms with Crippen LogP contribution in [-0.4, -0.2) is 23.8 Å². The summed E-state index contributed by atoms with van der Waals surface area (Å²) >= 11 is 0. The smallest absolute Gasteiger partial charge is 0.302 e. The average molecular weight is 347 g/mol. The van der Waals surface area contributed by atoms with Crippen molar-refractivity contribution in [3.8, 4) is 0 Å². The van der Waals surface area contributed by atoms with Gasteiger partial charge in [-0.05, 0) is 75.2 Å². The predicted octanol–water partition coefficient (Wildman–Crippen LogP) is 4.97. The van der Waals surface area contributed by atoms with Crippen molar-refractivity contribution in [2.75, 3.05) is 6.61 Å². The van der Waals surface area contributed by atoms with E-state index in [1.807, 2.05) is 0 Å². The number of ether oxygens (including phenoxy) is 1. The van der Waals surface area contributed by atoms with Gasteiger partial charge in [0.2, 0.25) is 0 Å². The maximum atomic E-state index is 11.2. The van der Waals surface area contributed by atoms with Crippen molar-refractivity contribution in [1.82, 2.24) is 0 Å². The van der Waals surface area contributed by atoms with Gasteiger partial charge in [0.15, 0.2) is 0 Å². The van der Waals surface area contributed by atoms with Crippen LogP contribution in [0, 0.1) is 17.3 Å². The van der Waals surface area contributed by atoms with Gasteiger partial charge in [-0.3, -0.25) is 4.79 Å². The van der Waals surface area contributed by atoms with Crippen LogP contribution in [0.15, 0.2) is 35.5 Å². The summed E-state index contributed by atoms with van der Waals surface area (Å²) in [5.41, 5.74) is 3.59. The molecule has 3 nitrogen and oxygen atoms in total. The van der Waals surface area contributed by atoms with Crippen molar-refractivity contribution in [2.24, 2.45) is 17.3 Å². The van der Waals surface area contributed by atoms with E-state index in [1.54, 1.807) is 0 Å². The maximum absolute atomic E-state index is 11.2. The first-order valence-corrected chi connectivity index (χ1v) is 9.54. The number of rotatable bonds is 3. The fraction of sp³-hybridized carbons (Fsp3) is 0.682. The van der Waals surface area contributed by atoms with E-state index in [0.717, 1.165) is 44.1 Å². The number of aliphatic hydroxyl groups is 1. The first-order valence-electron chi connectivity index (χ1n) is 9.54. The fourth-order valence-electron chi connectivity index (χ4n) is 4.61. The van der Waals surface area contributed by atoms with Crippen LogP contribution in [0.2, 0.25) is 0 Å². The SMILES string of the molecule is C=C(C)C1CC[C@]2(C)C[C@H](O)/C(COC(C)=O)=C/CC/C(C)=C/C[C@@H]12. The minimum absolute atomic E-state index is 0.0828. The van der Waals surface area contributed by atoms with Crippen molar-refractivity contribution in [3.05, 3.63) is 35.5 Å². The molecule has 1 saturated carbocycles. The number of esters is 1. The number of fused-ring (bicyclic) bond motifs is 1. The Hall–Kier alpha value is -1.35. The second-order valence-electron chi connectivity index (χ2n) is 8.36. The molecule has 1 fully saturated rings. The topological polar surface area (TPSA) is 46.5 Å². The second kappa shape index (κ2) is 8.35. The molecule has 2 aliphatic carbocycles. The fourth-order valence-corrected chi connectivity index (χ4v) is 4.61. The van der Waals surface area contributed by atoms with Crippen molar-refractivity contribution >= 4 is 5.97 Å². The molecule has 25 heavy (non-hydrogen) atoms. The summed E-state index contributed by atoms with van der Waals surface area (Å²) in [6.07, 6.45) is 9.82. The molecule has 4 atom stereocenters. The first kappa shape index (κ1) is 20.0. The monoisotopic (exact) mass is 346 g/mol. The Morgan fingerprint density at radius 3 is 2.76 bits per heavy atom. The van der Waals surface area contributed by atoms with Crippen LogP contribution in [0.3, 0.4) is 0 Å². The lowest BCUT2D eigenvalue weighted by Gasteiger charge is -2.36. The third-order valence-corrected chi connectivity index (χ3v) is 6.24. The first-order chi connectivity index (χ1) is 11.7. The highest BCUT2D eigenvalue weighted by atomic mass is 16.5. The second-order valence-corrected chi connectivity index (χ2v) is 8.36. The van der Waals surface area contributed by atoms with Gasteiger partial charge < -0.3 is 9.84 Å². The molecule has 0 spiro atoms. The number of carbonyl (C=O) groups is 1. The van der Waals surface area contributed by atoms with Crippen LogP contribution >= 0.6 is 0 Å². The third-order valence-electron chi connectivity index (χ3n) is 6.24. The van der Waals surface area contributed by atoms with E-state index >= 15 is 0 Å². The van der Waals surface area contributed by atoms with Gasteiger partial charge in [0.25, 0.3) is 0 Å². The van der Waals surface area contributed by atoms with Gasteiger partial charge in [0.1, 0.15) is 6.61 Å². The van der Waals surface area contributed by atoms with Gasteiger partial charge in [-0.1, -0.05) is 36.8 Å². The van der Waals surface area contributed by atoms with Crippen LogP contribution in [0.1, 0.15) is 66.2 Å². The van der Waals surface area contributed by atoms with E-state index in [-0.39, 0.29) is 18.0 Å². The minimum Gasteiger partial charge on any atom is -0.461 e. The minimum atomic E-state index is -0.547. The Kier molecular flexibility index (Phi) is 6.67. The molecule has 0 radical (unpaired) electrons. The highest BCUT2D eigenvalue weighted by molar-refractivity contribution is 5.66. The molecular formula is C22H34O3. The number of hydrogen-bond acceptors (Lipinski definition) is 3. The van der Waals surface area contributed by atoms with Gasteiger partial charge in [-0.25, -0.2) is 0 Å². The molecule has 3 heteroatoms. The summed E-state index contributed by atoms with van der Waals surface area (Å²) in [6.45, 7) is 12.5. The molecule has 0 aliphatic heterocycles. The van der Waals surface area contributed by atoms with E-state index in [1.165, 1.54) is 18.1 Å². The summed E-state index contributed by atoms with van der Waals surface area (Å²) in [7, 11) is 0. The Labute approximate surface area is 152 Å². The van der Waals surface area contributed by atoms with Crippen molar-refractivity contribution in [2.45, 2.75) is 72.3 Å². The lowest BCUT2D eigenvalue weighted by Crippen LogP contribution is -2.31. The molecular weight excluding hydrogens is 312 g/mol. The molecule has 0 saturated heterocycles. The van der Waals surface area contributed by atoms with Crippen molar-refractivity contribution in [1.29, 1.82) is 0 Å². The van der Waals surface area contributed by atoms with Gasteiger partial charge in [-0.15, -0.1) is 0 Å². The Bertz CT molecular complexity index is 572. The number of carbonyl (C=O) groups excluding carboxylic acids is 1. The van der Waals surface area contributed by atoms with Gasteiger partial charge in [0, 0.05) is 6.92 Å². The Morgan fingerprint density at radius 2 is 2.12 bits per heavy atom. The molecule has 1 unspecified atom stereocenters. The largest absolute Gasteiger partial charge is 0.461 e. The van der Waals surface area contributed by atoms with E-state index < -0.39 is 6.10 Å². The third kappa shape index (κ3) is 5.07. The summed E-state index contributed by atoms with van der Waals surface area (Å²) < 4.78 is 5.19. The lowest BCUT2D eigenvalue weighted by molar-refractivity contribution is -0.140. The molecule has 0 aromatic heterocycles. The molecule has 2 rings (SSSR count). The van der Waals surface area contributed by atoms with E-state index in [2.05, 4.69) is 39.5 Å². The predicted molar refractivity (Wildman–Crippen MR) is 102 cm³/mol. The van der Waals surface area contributed by atoms with Crippen molar-refractivity contribution < 1.29 is 14.6 Å². The Balaban J connectivity index is 2.28. The summed E-state index contributed by atoms with van der Waals surface area (Å²) in [6, 6.07) is 0. The quantitative estimate of drug-likeness (QED) is 0.580. The Morgan fingerprint density at radius 1 is 1.40 bits per heavy atom.